The Morgan fingerprint density at radius 1 is 0.571 bits per heavy atom. The second-order valence-corrected chi connectivity index (χ2v) is 5.78. The molecule has 0 aromatic rings. The van der Waals surface area contributed by atoms with Crippen molar-refractivity contribution in [3.8, 4) is 0 Å². The maximum absolute atomic E-state index is 5.70. The monoisotopic (exact) mass is 301 g/mol. The van der Waals surface area contributed by atoms with Gasteiger partial charge < -0.3 is 9.47 Å². The standard InChI is InChI=1S/C18H39NO2/c1-4-7-9-11-15-20-17-13-19(6-3)14-18-21-16-12-10-8-5-2/h4-18H2,1-3H3. The zero-order valence-electron chi connectivity index (χ0n) is 14.9. The lowest BCUT2D eigenvalue weighted by molar-refractivity contribution is 0.0741. The van der Waals surface area contributed by atoms with E-state index in [1.54, 1.807) is 0 Å². The topological polar surface area (TPSA) is 21.7 Å². The summed E-state index contributed by atoms with van der Waals surface area (Å²) in [7, 11) is 0. The van der Waals surface area contributed by atoms with Crippen molar-refractivity contribution in [3.63, 3.8) is 0 Å². The van der Waals surface area contributed by atoms with Gasteiger partial charge in [-0.15, -0.1) is 0 Å². The van der Waals surface area contributed by atoms with Crippen LogP contribution in [-0.2, 0) is 9.47 Å². The van der Waals surface area contributed by atoms with E-state index in [0.717, 1.165) is 46.1 Å². The molecule has 0 amide bonds. The fourth-order valence-corrected chi connectivity index (χ4v) is 2.28. The summed E-state index contributed by atoms with van der Waals surface area (Å²) in [5, 5.41) is 0. The van der Waals surface area contributed by atoms with E-state index in [4.69, 9.17) is 9.47 Å². The van der Waals surface area contributed by atoms with E-state index < -0.39 is 0 Å². The van der Waals surface area contributed by atoms with Crippen LogP contribution in [0.3, 0.4) is 0 Å². The zero-order chi connectivity index (χ0) is 15.6. The summed E-state index contributed by atoms with van der Waals surface area (Å²) in [4.78, 5) is 2.41. The maximum Gasteiger partial charge on any atom is 0.0593 e. The second kappa shape index (κ2) is 17.9. The van der Waals surface area contributed by atoms with Crippen LogP contribution in [0.15, 0.2) is 0 Å². The van der Waals surface area contributed by atoms with E-state index >= 15 is 0 Å². The van der Waals surface area contributed by atoms with Crippen molar-refractivity contribution in [2.75, 3.05) is 46.1 Å². The highest BCUT2D eigenvalue weighted by atomic mass is 16.5. The molecular weight excluding hydrogens is 262 g/mol. The molecule has 128 valence electrons. The summed E-state index contributed by atoms with van der Waals surface area (Å²) < 4.78 is 11.4. The number of likely N-dealkylation sites (N-methyl/N-ethyl adjacent to an activating group) is 1. The summed E-state index contributed by atoms with van der Waals surface area (Å²) in [5.41, 5.74) is 0. The van der Waals surface area contributed by atoms with Gasteiger partial charge in [0.15, 0.2) is 0 Å². The molecule has 0 aliphatic heterocycles. The predicted octanol–water partition coefficient (Wildman–Crippen LogP) is 4.50. The van der Waals surface area contributed by atoms with Gasteiger partial charge in [-0.2, -0.15) is 0 Å². The van der Waals surface area contributed by atoms with E-state index in [1.165, 1.54) is 51.4 Å². The number of hydrogen-bond acceptors (Lipinski definition) is 3. The number of hydrogen-bond donors (Lipinski definition) is 0. The van der Waals surface area contributed by atoms with Gasteiger partial charge in [-0.05, 0) is 19.4 Å². The minimum absolute atomic E-state index is 0.858. The third kappa shape index (κ3) is 16.1. The van der Waals surface area contributed by atoms with Crippen molar-refractivity contribution >= 4 is 0 Å². The smallest absolute Gasteiger partial charge is 0.0593 e. The lowest BCUT2D eigenvalue weighted by Crippen LogP contribution is -2.31. The van der Waals surface area contributed by atoms with Crippen LogP contribution in [0.4, 0.5) is 0 Å². The molecule has 0 saturated carbocycles. The molecule has 0 fully saturated rings. The Balaban J connectivity index is 3.29. The molecule has 0 saturated heterocycles. The minimum Gasteiger partial charge on any atom is -0.380 e. The Hall–Kier alpha value is -0.120. The van der Waals surface area contributed by atoms with E-state index in [1.807, 2.05) is 0 Å². The lowest BCUT2D eigenvalue weighted by Gasteiger charge is -2.20. The Morgan fingerprint density at radius 3 is 1.43 bits per heavy atom. The van der Waals surface area contributed by atoms with Crippen LogP contribution in [-0.4, -0.2) is 51.0 Å². The van der Waals surface area contributed by atoms with Gasteiger partial charge in [-0.1, -0.05) is 59.3 Å². The first kappa shape index (κ1) is 20.9. The molecule has 3 nitrogen and oxygen atoms in total. The predicted molar refractivity (Wildman–Crippen MR) is 92.0 cm³/mol. The molecule has 0 spiro atoms. The summed E-state index contributed by atoms with van der Waals surface area (Å²) >= 11 is 0. The van der Waals surface area contributed by atoms with Crippen molar-refractivity contribution in [2.45, 2.75) is 72.1 Å². The number of nitrogens with zero attached hydrogens (tertiary/aromatic N) is 1. The fourth-order valence-electron chi connectivity index (χ4n) is 2.28. The first-order chi connectivity index (χ1) is 10.3. The normalized spacial score (nSPS) is 11.4. The van der Waals surface area contributed by atoms with Crippen LogP contribution in [0.1, 0.15) is 72.1 Å². The molecule has 0 radical (unpaired) electrons. The van der Waals surface area contributed by atoms with Crippen molar-refractivity contribution in [3.05, 3.63) is 0 Å². The van der Waals surface area contributed by atoms with Crippen molar-refractivity contribution in [2.24, 2.45) is 0 Å². The molecule has 0 aromatic heterocycles. The Labute approximate surface area is 133 Å². The van der Waals surface area contributed by atoms with Crippen molar-refractivity contribution < 1.29 is 9.47 Å². The minimum atomic E-state index is 0.858. The fraction of sp³-hybridized carbons (Fsp3) is 1.00. The average Bonchev–Trinajstić information content (AvgIpc) is 2.51. The van der Waals surface area contributed by atoms with E-state index in [-0.39, 0.29) is 0 Å². The third-order valence-electron chi connectivity index (χ3n) is 3.84. The highest BCUT2D eigenvalue weighted by Crippen LogP contribution is 2.00. The first-order valence-electron chi connectivity index (χ1n) is 9.22. The molecule has 3 heteroatoms. The highest BCUT2D eigenvalue weighted by Gasteiger charge is 2.02. The van der Waals surface area contributed by atoms with Crippen molar-refractivity contribution in [1.29, 1.82) is 0 Å². The van der Waals surface area contributed by atoms with Crippen LogP contribution in [0.5, 0.6) is 0 Å². The summed E-state index contributed by atoms with van der Waals surface area (Å²) in [6.07, 6.45) is 10.3. The molecule has 0 aliphatic rings. The Bertz CT molecular complexity index is 170. The number of rotatable bonds is 17. The number of unbranched alkanes of at least 4 members (excludes halogenated alkanes) is 6. The van der Waals surface area contributed by atoms with E-state index in [2.05, 4.69) is 25.7 Å². The van der Waals surface area contributed by atoms with Crippen molar-refractivity contribution in [1.82, 2.24) is 4.90 Å². The Kier molecular flexibility index (Phi) is 17.8. The van der Waals surface area contributed by atoms with Gasteiger partial charge in [0.25, 0.3) is 0 Å². The second-order valence-electron chi connectivity index (χ2n) is 5.78. The molecule has 21 heavy (non-hydrogen) atoms. The quantitative estimate of drug-likeness (QED) is 0.369. The molecule has 0 N–H and O–H groups in total. The van der Waals surface area contributed by atoms with Gasteiger partial charge in [0, 0.05) is 26.3 Å². The maximum atomic E-state index is 5.70. The summed E-state index contributed by atoms with van der Waals surface area (Å²) in [5.74, 6) is 0. The largest absolute Gasteiger partial charge is 0.380 e. The van der Waals surface area contributed by atoms with Crippen LogP contribution in [0.2, 0.25) is 0 Å². The van der Waals surface area contributed by atoms with Gasteiger partial charge in [0.2, 0.25) is 0 Å². The van der Waals surface area contributed by atoms with E-state index in [9.17, 15) is 0 Å². The summed E-state index contributed by atoms with van der Waals surface area (Å²) in [6.45, 7) is 13.4. The van der Waals surface area contributed by atoms with Gasteiger partial charge in [-0.25, -0.2) is 0 Å². The van der Waals surface area contributed by atoms with Crippen LogP contribution in [0.25, 0.3) is 0 Å². The average molecular weight is 302 g/mol. The highest BCUT2D eigenvalue weighted by molar-refractivity contribution is 4.54. The Morgan fingerprint density at radius 2 is 1.05 bits per heavy atom. The first-order valence-corrected chi connectivity index (χ1v) is 9.22. The van der Waals surface area contributed by atoms with Crippen LogP contribution in [0, 0.1) is 0 Å². The molecule has 0 aromatic carbocycles. The molecule has 0 aliphatic carbocycles. The SMILES string of the molecule is CCCCCCOCCN(CC)CCOCCCCCC. The molecule has 0 bridgehead atoms. The van der Waals surface area contributed by atoms with Gasteiger partial charge >= 0.3 is 0 Å². The molecule has 0 rings (SSSR count). The molecule has 0 heterocycles. The van der Waals surface area contributed by atoms with Gasteiger partial charge in [-0.3, -0.25) is 4.90 Å². The molecular formula is C18H39NO2. The molecule has 0 unspecified atom stereocenters. The lowest BCUT2D eigenvalue weighted by atomic mass is 10.2. The van der Waals surface area contributed by atoms with Crippen LogP contribution >= 0.6 is 0 Å². The summed E-state index contributed by atoms with van der Waals surface area (Å²) in [6, 6.07) is 0. The third-order valence-corrected chi connectivity index (χ3v) is 3.84. The van der Waals surface area contributed by atoms with Gasteiger partial charge in [0.05, 0.1) is 13.2 Å². The van der Waals surface area contributed by atoms with Gasteiger partial charge in [0.1, 0.15) is 0 Å². The van der Waals surface area contributed by atoms with E-state index in [0.29, 0.717) is 0 Å². The number of ether oxygens (including phenoxy) is 2. The zero-order valence-corrected chi connectivity index (χ0v) is 14.9. The van der Waals surface area contributed by atoms with Crippen LogP contribution < -0.4 is 0 Å². The molecule has 0 atom stereocenters.